The summed E-state index contributed by atoms with van der Waals surface area (Å²) in [4.78, 5) is 21.8. The van der Waals surface area contributed by atoms with Gasteiger partial charge >= 0.3 is 0 Å². The van der Waals surface area contributed by atoms with Crippen molar-refractivity contribution in [2.24, 2.45) is 0 Å². The number of pyridine rings is 1. The van der Waals surface area contributed by atoms with Gasteiger partial charge in [-0.05, 0) is 30.7 Å². The lowest BCUT2D eigenvalue weighted by Gasteiger charge is -2.28. The zero-order valence-corrected chi connectivity index (χ0v) is 16.2. The van der Waals surface area contributed by atoms with Gasteiger partial charge in [0, 0.05) is 24.2 Å². The van der Waals surface area contributed by atoms with E-state index in [9.17, 15) is 4.79 Å². The minimum atomic E-state index is -0.473. The van der Waals surface area contributed by atoms with Crippen LogP contribution in [0, 0.1) is 0 Å². The molecule has 0 unspecified atom stereocenters. The monoisotopic (exact) mass is 392 g/mol. The summed E-state index contributed by atoms with van der Waals surface area (Å²) < 4.78 is 12.3. The number of allylic oxidation sites excluding steroid dienone is 1. The van der Waals surface area contributed by atoms with Gasteiger partial charge in [0.1, 0.15) is 23.9 Å². The van der Waals surface area contributed by atoms with Crippen molar-refractivity contribution in [1.82, 2.24) is 19.7 Å². The molecule has 3 heterocycles. The summed E-state index contributed by atoms with van der Waals surface area (Å²) in [6, 6.07) is 8.47. The maximum absolute atomic E-state index is 13.4. The van der Waals surface area contributed by atoms with Crippen LogP contribution in [0.3, 0.4) is 0 Å². The number of carbonyl (C=O) groups excluding carboxylic acids is 1. The number of methoxy groups -OCH3 is 2. The van der Waals surface area contributed by atoms with Crippen molar-refractivity contribution in [2.75, 3.05) is 24.9 Å². The van der Waals surface area contributed by atoms with Crippen molar-refractivity contribution in [3.8, 4) is 11.5 Å². The highest BCUT2D eigenvalue weighted by molar-refractivity contribution is 6.06. The predicted molar refractivity (Wildman–Crippen MR) is 107 cm³/mol. The Morgan fingerprint density at radius 3 is 2.83 bits per heavy atom. The molecule has 1 aliphatic rings. The number of rotatable bonds is 5. The van der Waals surface area contributed by atoms with E-state index in [1.54, 1.807) is 49.5 Å². The van der Waals surface area contributed by atoms with Crippen LogP contribution in [0.5, 0.6) is 11.5 Å². The van der Waals surface area contributed by atoms with E-state index in [0.29, 0.717) is 34.4 Å². The Morgan fingerprint density at radius 1 is 1.24 bits per heavy atom. The zero-order chi connectivity index (χ0) is 20.4. The second-order valence-electron chi connectivity index (χ2n) is 6.40. The van der Waals surface area contributed by atoms with Gasteiger partial charge in [0.05, 0.1) is 25.5 Å². The molecule has 0 aliphatic carbocycles. The number of hydrogen-bond donors (Lipinski definition) is 2. The minimum absolute atomic E-state index is 0.295. The topological polar surface area (TPSA) is 103 Å². The number of nitrogens with one attached hydrogen (secondary N) is 2. The molecule has 9 heteroatoms. The first-order valence-electron chi connectivity index (χ1n) is 8.93. The highest BCUT2D eigenvalue weighted by atomic mass is 16.5. The van der Waals surface area contributed by atoms with Gasteiger partial charge in [-0.2, -0.15) is 10.1 Å². The molecule has 2 aromatic heterocycles. The normalized spacial score (nSPS) is 15.3. The van der Waals surface area contributed by atoms with Crippen molar-refractivity contribution in [1.29, 1.82) is 0 Å². The Morgan fingerprint density at radius 2 is 2.10 bits per heavy atom. The quantitative estimate of drug-likeness (QED) is 0.688. The highest BCUT2D eigenvalue weighted by Gasteiger charge is 2.33. The summed E-state index contributed by atoms with van der Waals surface area (Å²) in [5.74, 6) is 1.40. The van der Waals surface area contributed by atoms with Crippen LogP contribution < -0.4 is 20.1 Å². The zero-order valence-electron chi connectivity index (χ0n) is 16.2. The molecule has 0 fully saturated rings. The number of fused-ring (bicyclic) bond motifs is 1. The van der Waals surface area contributed by atoms with E-state index < -0.39 is 6.04 Å². The van der Waals surface area contributed by atoms with Gasteiger partial charge in [-0.1, -0.05) is 6.07 Å². The van der Waals surface area contributed by atoms with E-state index in [0.717, 1.165) is 5.56 Å². The largest absolute Gasteiger partial charge is 0.497 e. The first-order valence-corrected chi connectivity index (χ1v) is 8.93. The van der Waals surface area contributed by atoms with Crippen LogP contribution in [0.1, 0.15) is 18.5 Å². The molecule has 0 saturated heterocycles. The Bertz CT molecular complexity index is 1080. The summed E-state index contributed by atoms with van der Waals surface area (Å²) in [6.07, 6.45) is 4.85. The van der Waals surface area contributed by atoms with Crippen LogP contribution in [0.4, 0.5) is 11.6 Å². The lowest BCUT2D eigenvalue weighted by atomic mass is 9.96. The molecule has 0 saturated carbocycles. The van der Waals surface area contributed by atoms with Gasteiger partial charge in [-0.25, -0.2) is 4.68 Å². The third-order valence-corrected chi connectivity index (χ3v) is 4.69. The Hall–Kier alpha value is -3.88. The molecule has 4 rings (SSSR count). The lowest BCUT2D eigenvalue weighted by Crippen LogP contribution is -2.31. The van der Waals surface area contributed by atoms with Crippen molar-refractivity contribution in [3.05, 3.63) is 65.9 Å². The number of hydrogen-bond acceptors (Lipinski definition) is 7. The molecule has 0 spiro atoms. The molecule has 29 heavy (non-hydrogen) atoms. The molecular formula is C20H20N6O3. The summed E-state index contributed by atoms with van der Waals surface area (Å²) >= 11 is 0. The van der Waals surface area contributed by atoms with Crippen LogP contribution in [0.25, 0.3) is 0 Å². The number of ether oxygens (including phenoxy) is 2. The van der Waals surface area contributed by atoms with E-state index in [1.807, 2.05) is 19.1 Å². The van der Waals surface area contributed by atoms with Gasteiger partial charge in [0.15, 0.2) is 0 Å². The minimum Gasteiger partial charge on any atom is -0.497 e. The average molecular weight is 392 g/mol. The number of anilines is 2. The van der Waals surface area contributed by atoms with Crippen LogP contribution in [0.2, 0.25) is 0 Å². The molecule has 9 nitrogen and oxygen atoms in total. The fourth-order valence-electron chi connectivity index (χ4n) is 3.33. The Kier molecular flexibility index (Phi) is 4.86. The summed E-state index contributed by atoms with van der Waals surface area (Å²) in [5.41, 5.74) is 2.51. The molecule has 0 bridgehead atoms. The number of carbonyl (C=O) groups is 1. The van der Waals surface area contributed by atoms with E-state index in [-0.39, 0.29) is 5.91 Å². The number of benzene rings is 1. The average Bonchev–Trinajstić information content (AvgIpc) is 3.21. The molecule has 1 aliphatic heterocycles. The Balaban J connectivity index is 1.75. The van der Waals surface area contributed by atoms with Crippen LogP contribution in [0.15, 0.2) is 60.3 Å². The first kappa shape index (κ1) is 18.5. The standard InChI is InChI=1S/C20H20N6O3/c1-12-17(19(27)25-15-9-14(28-2)6-7-16(15)29-3)18(13-5-4-8-21-10-13)26-20(24-12)22-11-23-26/h4-11,18H,1-3H3,(H,25,27)(H,22,23,24)/t18-/m1/s1. The van der Waals surface area contributed by atoms with Crippen molar-refractivity contribution in [2.45, 2.75) is 13.0 Å². The third kappa shape index (κ3) is 3.38. The maximum Gasteiger partial charge on any atom is 0.255 e. The van der Waals surface area contributed by atoms with Crippen molar-refractivity contribution in [3.63, 3.8) is 0 Å². The summed E-state index contributed by atoms with van der Waals surface area (Å²) in [6.45, 7) is 1.83. The van der Waals surface area contributed by atoms with Gasteiger partial charge < -0.3 is 20.1 Å². The van der Waals surface area contributed by atoms with Gasteiger partial charge in [-0.15, -0.1) is 0 Å². The molecule has 3 aromatic rings. The van der Waals surface area contributed by atoms with Crippen LogP contribution >= 0.6 is 0 Å². The lowest BCUT2D eigenvalue weighted by molar-refractivity contribution is -0.113. The number of amides is 1. The van der Waals surface area contributed by atoms with E-state index >= 15 is 0 Å². The van der Waals surface area contributed by atoms with Crippen LogP contribution in [-0.4, -0.2) is 39.9 Å². The first-order chi connectivity index (χ1) is 14.1. The van der Waals surface area contributed by atoms with Gasteiger partial charge in [0.2, 0.25) is 5.95 Å². The van der Waals surface area contributed by atoms with E-state index in [1.165, 1.54) is 6.33 Å². The van der Waals surface area contributed by atoms with Crippen molar-refractivity contribution >= 4 is 17.5 Å². The van der Waals surface area contributed by atoms with Gasteiger partial charge in [-0.3, -0.25) is 9.78 Å². The fraction of sp³-hybridized carbons (Fsp3) is 0.200. The van der Waals surface area contributed by atoms with Gasteiger partial charge in [0.25, 0.3) is 5.91 Å². The van der Waals surface area contributed by atoms with Crippen LogP contribution in [-0.2, 0) is 4.79 Å². The third-order valence-electron chi connectivity index (χ3n) is 4.69. The van der Waals surface area contributed by atoms with E-state index in [4.69, 9.17) is 9.47 Å². The Labute approximate surface area is 167 Å². The second-order valence-corrected chi connectivity index (χ2v) is 6.40. The summed E-state index contributed by atoms with van der Waals surface area (Å²) in [5, 5.41) is 10.4. The fourth-order valence-corrected chi connectivity index (χ4v) is 3.33. The summed E-state index contributed by atoms with van der Waals surface area (Å²) in [7, 11) is 3.11. The van der Waals surface area contributed by atoms with Crippen molar-refractivity contribution < 1.29 is 14.3 Å². The van der Waals surface area contributed by atoms with E-state index in [2.05, 4.69) is 25.7 Å². The molecule has 148 valence electrons. The molecule has 0 radical (unpaired) electrons. The molecule has 1 amide bonds. The SMILES string of the molecule is COc1ccc(OC)c(NC(=O)C2=C(C)Nc3ncnn3[C@@H]2c2cccnc2)c1. The maximum atomic E-state index is 13.4. The second kappa shape index (κ2) is 7.63. The predicted octanol–water partition coefficient (Wildman–Crippen LogP) is 2.62. The molecule has 1 aromatic carbocycles. The molecular weight excluding hydrogens is 372 g/mol. The molecule has 1 atom stereocenters. The highest BCUT2D eigenvalue weighted by Crippen LogP contribution is 2.36. The number of aromatic nitrogens is 4. The molecule has 2 N–H and O–H groups in total. The smallest absolute Gasteiger partial charge is 0.255 e. The number of nitrogens with zero attached hydrogens (tertiary/aromatic N) is 4.